The minimum atomic E-state index is 0. The maximum absolute atomic E-state index is 2.21. The van der Waals surface area contributed by atoms with Crippen molar-refractivity contribution in [2.75, 3.05) is 0 Å². The van der Waals surface area contributed by atoms with E-state index < -0.39 is 0 Å². The van der Waals surface area contributed by atoms with E-state index in [2.05, 4.69) is 13.8 Å². The summed E-state index contributed by atoms with van der Waals surface area (Å²) in [6.07, 6.45) is 4.08. The van der Waals surface area contributed by atoms with E-state index in [0.717, 1.165) is 0 Å². The first-order valence-corrected chi connectivity index (χ1v) is 2.41. The van der Waals surface area contributed by atoms with Gasteiger partial charge in [0, 0.05) is 0 Å². The summed E-state index contributed by atoms with van der Waals surface area (Å²) < 4.78 is 0. The molecule has 0 spiro atoms. The molecule has 0 unspecified atom stereocenters. The van der Waals surface area contributed by atoms with E-state index in [-0.39, 0.29) is 52.8 Å². The molecular formula is C5H13K. The van der Waals surface area contributed by atoms with Crippen LogP contribution in [0.15, 0.2) is 0 Å². The summed E-state index contributed by atoms with van der Waals surface area (Å²) in [5, 5.41) is 0. The topological polar surface area (TPSA) is 0 Å². The quantitative estimate of drug-likeness (QED) is 0.415. The van der Waals surface area contributed by atoms with Crippen molar-refractivity contribution in [3.8, 4) is 0 Å². The van der Waals surface area contributed by atoms with Crippen molar-refractivity contribution in [1.29, 1.82) is 0 Å². The third-order valence-electron chi connectivity index (χ3n) is 0.707. The van der Waals surface area contributed by atoms with E-state index in [1.807, 2.05) is 0 Å². The molecule has 0 rings (SSSR count). The van der Waals surface area contributed by atoms with Crippen LogP contribution >= 0.6 is 0 Å². The van der Waals surface area contributed by atoms with E-state index in [4.69, 9.17) is 0 Å². The van der Waals surface area contributed by atoms with Gasteiger partial charge in [0.15, 0.2) is 0 Å². The van der Waals surface area contributed by atoms with Gasteiger partial charge in [-0.3, -0.25) is 0 Å². The molecule has 34 valence electrons. The summed E-state index contributed by atoms with van der Waals surface area (Å²) in [6.45, 7) is 4.42. The fourth-order valence-electron chi connectivity index (χ4n) is 0.354. The Morgan fingerprint density at radius 2 is 1.50 bits per heavy atom. The SMILES string of the molecule is CCCCC.[H-].[K+]. The Morgan fingerprint density at radius 1 is 1.17 bits per heavy atom. The van der Waals surface area contributed by atoms with E-state index in [1.165, 1.54) is 19.3 Å². The predicted molar refractivity (Wildman–Crippen MR) is 26.3 cm³/mol. The fourth-order valence-corrected chi connectivity index (χ4v) is 0.354. The molecule has 0 N–H and O–H groups in total. The summed E-state index contributed by atoms with van der Waals surface area (Å²) in [7, 11) is 0. The summed E-state index contributed by atoms with van der Waals surface area (Å²) in [4.78, 5) is 0. The smallest absolute Gasteiger partial charge is 1.00 e. The summed E-state index contributed by atoms with van der Waals surface area (Å²) in [5.74, 6) is 0. The van der Waals surface area contributed by atoms with Gasteiger partial charge in [0.1, 0.15) is 0 Å². The van der Waals surface area contributed by atoms with Crippen molar-refractivity contribution in [3.05, 3.63) is 0 Å². The monoisotopic (exact) mass is 112 g/mol. The standard InChI is InChI=1S/C5H12.K.H/c1-3-5-4-2;;/h3-5H2,1-2H3;;/q;+1;-1. The third-order valence-corrected chi connectivity index (χ3v) is 0.707. The van der Waals surface area contributed by atoms with Crippen LogP contribution in [0, 0.1) is 0 Å². The van der Waals surface area contributed by atoms with Crippen LogP contribution in [0.4, 0.5) is 0 Å². The first-order chi connectivity index (χ1) is 2.41. The number of rotatable bonds is 2. The van der Waals surface area contributed by atoms with Gasteiger partial charge in [-0.25, -0.2) is 0 Å². The van der Waals surface area contributed by atoms with Crippen molar-refractivity contribution in [2.45, 2.75) is 33.1 Å². The molecule has 1 heteroatoms. The number of hydrogen-bond acceptors (Lipinski definition) is 0. The zero-order chi connectivity index (χ0) is 4.12. The minimum Gasteiger partial charge on any atom is -1.00 e. The maximum atomic E-state index is 2.21. The molecule has 0 nitrogen and oxygen atoms in total. The molecule has 0 atom stereocenters. The van der Waals surface area contributed by atoms with Crippen LogP contribution in [0.2, 0.25) is 0 Å². The van der Waals surface area contributed by atoms with Gasteiger partial charge in [-0.15, -0.1) is 0 Å². The summed E-state index contributed by atoms with van der Waals surface area (Å²) in [5.41, 5.74) is 0. The van der Waals surface area contributed by atoms with Crippen LogP contribution in [0.3, 0.4) is 0 Å². The largest absolute Gasteiger partial charge is 1.00 e. The van der Waals surface area contributed by atoms with Crippen LogP contribution in [0.5, 0.6) is 0 Å². The molecule has 0 amide bonds. The van der Waals surface area contributed by atoms with Gasteiger partial charge < -0.3 is 1.43 Å². The Hall–Kier alpha value is 1.64. The second kappa shape index (κ2) is 9.81. The van der Waals surface area contributed by atoms with Crippen molar-refractivity contribution in [3.63, 3.8) is 0 Å². The van der Waals surface area contributed by atoms with Gasteiger partial charge in [-0.2, -0.15) is 0 Å². The zero-order valence-corrected chi connectivity index (χ0v) is 8.24. The second-order valence-corrected chi connectivity index (χ2v) is 1.35. The van der Waals surface area contributed by atoms with E-state index in [1.54, 1.807) is 0 Å². The molecule has 0 aromatic heterocycles. The molecule has 0 saturated carbocycles. The molecule has 0 saturated heterocycles. The Kier molecular flexibility index (Phi) is 17.3. The van der Waals surface area contributed by atoms with Crippen molar-refractivity contribution < 1.29 is 52.8 Å². The van der Waals surface area contributed by atoms with Gasteiger partial charge in [-0.05, 0) is 0 Å². The van der Waals surface area contributed by atoms with Crippen LogP contribution in [-0.2, 0) is 0 Å². The van der Waals surface area contributed by atoms with Gasteiger partial charge in [0.05, 0.1) is 0 Å². The van der Waals surface area contributed by atoms with E-state index >= 15 is 0 Å². The Labute approximate surface area is 84.6 Å². The van der Waals surface area contributed by atoms with E-state index in [0.29, 0.717) is 0 Å². The van der Waals surface area contributed by atoms with Crippen molar-refractivity contribution >= 4 is 0 Å². The van der Waals surface area contributed by atoms with Crippen LogP contribution < -0.4 is 51.4 Å². The van der Waals surface area contributed by atoms with Gasteiger partial charge in [-0.1, -0.05) is 33.1 Å². The van der Waals surface area contributed by atoms with Crippen LogP contribution in [0.1, 0.15) is 34.5 Å². The predicted octanol–water partition coefficient (Wildman–Crippen LogP) is -0.687. The zero-order valence-electron chi connectivity index (χ0n) is 6.12. The molecule has 0 aromatic carbocycles. The second-order valence-electron chi connectivity index (χ2n) is 1.35. The first-order valence-electron chi connectivity index (χ1n) is 2.41. The van der Waals surface area contributed by atoms with Crippen molar-refractivity contribution in [1.82, 2.24) is 0 Å². The number of unbranched alkanes of at least 4 members (excludes halogenated alkanes) is 2. The van der Waals surface area contributed by atoms with Gasteiger partial charge >= 0.3 is 51.4 Å². The fraction of sp³-hybridized carbons (Fsp3) is 1.00. The summed E-state index contributed by atoms with van der Waals surface area (Å²) >= 11 is 0. The van der Waals surface area contributed by atoms with Crippen LogP contribution in [-0.4, -0.2) is 0 Å². The molecule has 0 heterocycles. The average molecular weight is 112 g/mol. The molecule has 0 bridgehead atoms. The molecule has 0 radical (unpaired) electrons. The molecule has 0 aliphatic heterocycles. The van der Waals surface area contributed by atoms with Crippen molar-refractivity contribution in [2.24, 2.45) is 0 Å². The Bertz CT molecular complexity index is 15.6. The van der Waals surface area contributed by atoms with Crippen LogP contribution in [0.25, 0.3) is 0 Å². The first kappa shape index (κ1) is 10.6. The molecule has 0 fully saturated rings. The van der Waals surface area contributed by atoms with Gasteiger partial charge in [0.2, 0.25) is 0 Å². The minimum absolute atomic E-state index is 0. The Balaban J connectivity index is -0.0000000800. The molecule has 6 heavy (non-hydrogen) atoms. The molecule has 0 aliphatic carbocycles. The molecular weight excluding hydrogens is 99.2 g/mol. The van der Waals surface area contributed by atoms with Gasteiger partial charge in [0.25, 0.3) is 0 Å². The summed E-state index contributed by atoms with van der Waals surface area (Å²) in [6, 6.07) is 0. The third kappa shape index (κ3) is 9.16. The Morgan fingerprint density at radius 3 is 1.50 bits per heavy atom. The normalized spacial score (nSPS) is 7.00. The maximum Gasteiger partial charge on any atom is 1.00 e. The average Bonchev–Trinajstić information content (AvgIpc) is 1.41. The molecule has 0 aliphatic rings. The molecule has 0 aromatic rings. The number of hydrogen-bond donors (Lipinski definition) is 0. The van der Waals surface area contributed by atoms with E-state index in [9.17, 15) is 0 Å².